The van der Waals surface area contributed by atoms with Crippen LogP contribution in [-0.4, -0.2) is 18.1 Å². The number of hydrogen-bond donors (Lipinski definition) is 2. The zero-order valence-electron chi connectivity index (χ0n) is 14.7. The minimum absolute atomic E-state index is 0.0198. The van der Waals surface area contributed by atoms with Gasteiger partial charge in [-0.3, -0.25) is 0 Å². The van der Waals surface area contributed by atoms with Crippen LogP contribution in [0, 0.1) is 0 Å². The third-order valence-corrected chi connectivity index (χ3v) is 5.20. The quantitative estimate of drug-likeness (QED) is 0.824. The number of ether oxygens (including phenoxy) is 1. The second-order valence-corrected chi connectivity index (χ2v) is 6.95. The second kappa shape index (κ2) is 6.83. The molecule has 1 fully saturated rings. The number of hydrogen-bond acceptors (Lipinski definition) is 3. The largest absolute Gasteiger partial charge is 0.459 e. The van der Waals surface area contributed by atoms with E-state index in [2.05, 4.69) is 10.6 Å². The first kappa shape index (κ1) is 16.6. The highest BCUT2D eigenvalue weighted by atomic mass is 16.5. The van der Waals surface area contributed by atoms with E-state index in [1.807, 2.05) is 42.5 Å². The van der Waals surface area contributed by atoms with Gasteiger partial charge in [-0.2, -0.15) is 0 Å². The Balaban J connectivity index is 1.75. The maximum Gasteiger partial charge on any atom is 0.338 e. The minimum atomic E-state index is -0.524. The van der Waals surface area contributed by atoms with Crippen LogP contribution >= 0.6 is 0 Å². The molecule has 2 aromatic carbocycles. The molecule has 1 atom stereocenters. The molecule has 0 saturated heterocycles. The van der Waals surface area contributed by atoms with Crippen molar-refractivity contribution in [2.45, 2.75) is 44.8 Å². The van der Waals surface area contributed by atoms with Crippen molar-refractivity contribution in [3.8, 4) is 0 Å². The van der Waals surface area contributed by atoms with Gasteiger partial charge in [0.25, 0.3) is 0 Å². The average molecular weight is 350 g/mol. The van der Waals surface area contributed by atoms with Gasteiger partial charge in [0.1, 0.15) is 6.10 Å². The maximum atomic E-state index is 12.9. The van der Waals surface area contributed by atoms with Crippen LogP contribution in [0.3, 0.4) is 0 Å². The highest BCUT2D eigenvalue weighted by molar-refractivity contribution is 5.97. The van der Waals surface area contributed by atoms with Crippen LogP contribution < -0.4 is 10.6 Å². The molecule has 134 valence electrons. The summed E-state index contributed by atoms with van der Waals surface area (Å²) < 4.78 is 5.73. The van der Waals surface area contributed by atoms with Crippen LogP contribution in [0.4, 0.5) is 4.79 Å². The number of urea groups is 1. The first-order valence-electron chi connectivity index (χ1n) is 9.10. The molecule has 5 heteroatoms. The van der Waals surface area contributed by atoms with Gasteiger partial charge in [-0.15, -0.1) is 0 Å². The molecule has 2 amide bonds. The summed E-state index contributed by atoms with van der Waals surface area (Å²) in [5.41, 5.74) is 1.93. The Kier molecular flexibility index (Phi) is 4.37. The third-order valence-electron chi connectivity index (χ3n) is 5.20. The molecule has 4 rings (SSSR count). The number of nitrogens with one attached hydrogen (secondary N) is 2. The van der Waals surface area contributed by atoms with E-state index < -0.39 is 6.04 Å². The van der Waals surface area contributed by atoms with Gasteiger partial charge in [-0.1, -0.05) is 42.5 Å². The summed E-state index contributed by atoms with van der Waals surface area (Å²) in [6.07, 6.45) is 4.00. The van der Waals surface area contributed by atoms with Crippen molar-refractivity contribution in [1.82, 2.24) is 10.6 Å². The topological polar surface area (TPSA) is 67.4 Å². The zero-order chi connectivity index (χ0) is 18.1. The molecular weight excluding hydrogens is 328 g/mol. The lowest BCUT2D eigenvalue weighted by Crippen LogP contribution is -2.45. The van der Waals surface area contributed by atoms with Crippen molar-refractivity contribution in [2.24, 2.45) is 0 Å². The molecule has 5 nitrogen and oxygen atoms in total. The molecule has 1 aliphatic heterocycles. The van der Waals surface area contributed by atoms with Crippen molar-refractivity contribution in [3.63, 3.8) is 0 Å². The Labute approximate surface area is 152 Å². The van der Waals surface area contributed by atoms with Gasteiger partial charge in [0.05, 0.1) is 11.6 Å². The lowest BCUT2D eigenvalue weighted by molar-refractivity contribution is -0.144. The summed E-state index contributed by atoms with van der Waals surface area (Å²) in [6, 6.07) is 13.1. The van der Waals surface area contributed by atoms with E-state index in [0.717, 1.165) is 42.0 Å². The van der Waals surface area contributed by atoms with Gasteiger partial charge in [-0.25, -0.2) is 9.59 Å². The molecule has 0 bridgehead atoms. The smallest absolute Gasteiger partial charge is 0.338 e. The second-order valence-electron chi connectivity index (χ2n) is 6.95. The molecule has 0 spiro atoms. The van der Waals surface area contributed by atoms with Crippen molar-refractivity contribution >= 4 is 22.8 Å². The number of benzene rings is 2. The van der Waals surface area contributed by atoms with Crippen LogP contribution in [0.15, 0.2) is 53.7 Å². The highest BCUT2D eigenvalue weighted by Crippen LogP contribution is 2.33. The van der Waals surface area contributed by atoms with E-state index in [9.17, 15) is 9.59 Å². The van der Waals surface area contributed by atoms with Crippen LogP contribution in [0.25, 0.3) is 10.8 Å². The molecule has 0 radical (unpaired) electrons. The van der Waals surface area contributed by atoms with E-state index >= 15 is 0 Å². The lowest BCUT2D eigenvalue weighted by atomic mass is 9.91. The predicted molar refractivity (Wildman–Crippen MR) is 99.4 cm³/mol. The fourth-order valence-corrected chi connectivity index (χ4v) is 3.92. The number of carbonyl (C=O) groups excluding carboxylic acids is 2. The number of rotatable bonds is 3. The first-order chi connectivity index (χ1) is 12.6. The molecule has 0 unspecified atom stereocenters. The summed E-state index contributed by atoms with van der Waals surface area (Å²) in [4.78, 5) is 25.0. The monoisotopic (exact) mass is 350 g/mol. The van der Waals surface area contributed by atoms with Gasteiger partial charge in [0.15, 0.2) is 0 Å². The molecule has 2 N–H and O–H groups in total. The van der Waals surface area contributed by atoms with E-state index in [-0.39, 0.29) is 18.1 Å². The van der Waals surface area contributed by atoms with Crippen molar-refractivity contribution in [1.29, 1.82) is 0 Å². The fraction of sp³-hybridized carbons (Fsp3) is 0.333. The molecule has 1 saturated carbocycles. The first-order valence-corrected chi connectivity index (χ1v) is 9.10. The fourth-order valence-electron chi connectivity index (χ4n) is 3.92. The standard InChI is InChI=1S/C21H22N2O3/c1-13-18(20(24)26-15-9-3-4-10-15)19(23-21(25)22-13)17-12-6-8-14-7-2-5-11-16(14)17/h2,5-8,11-12,15,19H,3-4,9-10H2,1H3,(H2,22,23,25)/t19-/m0/s1. The Morgan fingerprint density at radius 3 is 2.62 bits per heavy atom. The summed E-state index contributed by atoms with van der Waals surface area (Å²) >= 11 is 0. The Bertz CT molecular complexity index is 892. The number of carbonyl (C=O) groups is 2. The molecule has 1 aliphatic carbocycles. The van der Waals surface area contributed by atoms with Crippen LogP contribution in [0.1, 0.15) is 44.2 Å². The normalized spacial score (nSPS) is 20.8. The number of fused-ring (bicyclic) bond motifs is 1. The predicted octanol–water partition coefficient (Wildman–Crippen LogP) is 3.95. The zero-order valence-corrected chi connectivity index (χ0v) is 14.7. The average Bonchev–Trinajstić information content (AvgIpc) is 3.13. The maximum absolute atomic E-state index is 12.9. The summed E-state index contributed by atoms with van der Waals surface area (Å²) in [5, 5.41) is 7.70. The van der Waals surface area contributed by atoms with Crippen molar-refractivity contribution in [3.05, 3.63) is 59.3 Å². The van der Waals surface area contributed by atoms with Crippen LogP contribution in [-0.2, 0) is 9.53 Å². The summed E-state index contributed by atoms with van der Waals surface area (Å²) in [7, 11) is 0. The highest BCUT2D eigenvalue weighted by Gasteiger charge is 2.34. The number of esters is 1. The molecule has 2 aliphatic rings. The van der Waals surface area contributed by atoms with E-state index in [1.54, 1.807) is 6.92 Å². The molecular formula is C21H22N2O3. The van der Waals surface area contributed by atoms with Gasteiger partial charge in [0, 0.05) is 5.70 Å². The summed E-state index contributed by atoms with van der Waals surface area (Å²) in [6.45, 7) is 1.75. The number of allylic oxidation sites excluding steroid dienone is 1. The van der Waals surface area contributed by atoms with Gasteiger partial charge >= 0.3 is 12.0 Å². The van der Waals surface area contributed by atoms with E-state index in [4.69, 9.17) is 4.74 Å². The molecule has 26 heavy (non-hydrogen) atoms. The third kappa shape index (κ3) is 3.05. The Morgan fingerprint density at radius 2 is 1.81 bits per heavy atom. The number of amides is 2. The molecule has 2 aromatic rings. The SMILES string of the molecule is CC1=C(C(=O)OC2CCCC2)[C@H](c2cccc3ccccc23)NC(=O)N1. The van der Waals surface area contributed by atoms with Crippen molar-refractivity contribution in [2.75, 3.05) is 0 Å². The van der Waals surface area contributed by atoms with Gasteiger partial charge in [-0.05, 0) is 48.9 Å². The van der Waals surface area contributed by atoms with Gasteiger partial charge in [0.2, 0.25) is 0 Å². The Hall–Kier alpha value is -2.82. The van der Waals surface area contributed by atoms with Gasteiger partial charge < -0.3 is 15.4 Å². The van der Waals surface area contributed by atoms with E-state index in [0.29, 0.717) is 11.3 Å². The van der Waals surface area contributed by atoms with Crippen LogP contribution in [0.5, 0.6) is 0 Å². The van der Waals surface area contributed by atoms with Crippen molar-refractivity contribution < 1.29 is 14.3 Å². The minimum Gasteiger partial charge on any atom is -0.459 e. The van der Waals surface area contributed by atoms with E-state index in [1.165, 1.54) is 0 Å². The lowest BCUT2D eigenvalue weighted by Gasteiger charge is -2.29. The molecule has 0 aromatic heterocycles. The molecule has 1 heterocycles. The van der Waals surface area contributed by atoms with Crippen LogP contribution in [0.2, 0.25) is 0 Å². The summed E-state index contributed by atoms with van der Waals surface area (Å²) in [5.74, 6) is -0.347. The Morgan fingerprint density at radius 1 is 1.08 bits per heavy atom.